The third-order valence-corrected chi connectivity index (χ3v) is 8.73. The number of benzene rings is 1. The van der Waals surface area contributed by atoms with E-state index in [-0.39, 0.29) is 29.0 Å². The Morgan fingerprint density at radius 1 is 0.875 bits per heavy atom. The standard InChI is InChI=1S/C22H26O2/c1-11-12(2)22(6)16-15(21(11,5)19(23)20(22,3)4)17-13-9-7-8-10-14(13)18(16)24-17/h7-10,15-18H,1-6H3/t15?,16?,17-,18+,21?,22?/m0/s1. The predicted molar refractivity (Wildman–Crippen MR) is 93.4 cm³/mol. The molecule has 2 fully saturated rings. The molecule has 1 aromatic rings. The molecule has 5 aliphatic rings. The van der Waals surface area contributed by atoms with Gasteiger partial charge in [0.15, 0.2) is 0 Å². The first kappa shape index (κ1) is 14.9. The molecule has 1 saturated carbocycles. The second-order valence-electron chi connectivity index (χ2n) is 9.27. The van der Waals surface area contributed by atoms with Gasteiger partial charge in [-0.15, -0.1) is 0 Å². The predicted octanol–water partition coefficient (Wildman–Crippen LogP) is 5.02. The second kappa shape index (κ2) is 3.88. The quantitative estimate of drug-likeness (QED) is 0.627. The Balaban J connectivity index is 1.85. The molecule has 1 aromatic carbocycles. The molecule has 2 nitrogen and oxygen atoms in total. The third kappa shape index (κ3) is 1.16. The number of ketones is 1. The van der Waals surface area contributed by atoms with E-state index in [1.807, 2.05) is 0 Å². The summed E-state index contributed by atoms with van der Waals surface area (Å²) in [7, 11) is 0. The van der Waals surface area contributed by atoms with Crippen LogP contribution < -0.4 is 0 Å². The van der Waals surface area contributed by atoms with Crippen LogP contribution in [0.25, 0.3) is 0 Å². The van der Waals surface area contributed by atoms with Crippen molar-refractivity contribution in [3.05, 3.63) is 46.5 Å². The molecule has 0 radical (unpaired) electrons. The van der Waals surface area contributed by atoms with Crippen LogP contribution in [0.2, 0.25) is 0 Å². The minimum Gasteiger partial charge on any atom is -0.365 e. The molecule has 1 saturated heterocycles. The maximum atomic E-state index is 13.6. The Morgan fingerprint density at radius 2 is 1.42 bits per heavy atom. The summed E-state index contributed by atoms with van der Waals surface area (Å²) < 4.78 is 6.56. The number of fused-ring (bicyclic) bond motifs is 6. The van der Waals surface area contributed by atoms with E-state index in [4.69, 9.17) is 4.74 Å². The zero-order chi connectivity index (χ0) is 17.2. The van der Waals surface area contributed by atoms with Gasteiger partial charge in [-0.05, 0) is 31.9 Å². The molecule has 4 unspecified atom stereocenters. The van der Waals surface area contributed by atoms with Crippen molar-refractivity contribution >= 4 is 5.78 Å². The highest BCUT2D eigenvalue weighted by Crippen LogP contribution is 2.78. The van der Waals surface area contributed by atoms with Gasteiger partial charge in [0.1, 0.15) is 5.78 Å². The van der Waals surface area contributed by atoms with Crippen molar-refractivity contribution in [2.75, 3.05) is 0 Å². The summed E-state index contributed by atoms with van der Waals surface area (Å²) in [5.41, 5.74) is 4.50. The van der Waals surface area contributed by atoms with Gasteiger partial charge in [-0.2, -0.15) is 0 Å². The molecular weight excluding hydrogens is 296 g/mol. The topological polar surface area (TPSA) is 26.3 Å². The first-order valence-corrected chi connectivity index (χ1v) is 9.16. The first-order valence-electron chi connectivity index (χ1n) is 9.16. The first-order chi connectivity index (χ1) is 11.2. The lowest BCUT2D eigenvalue weighted by atomic mass is 9.34. The number of hydrogen-bond acceptors (Lipinski definition) is 2. The smallest absolute Gasteiger partial charge is 0.149 e. The lowest BCUT2D eigenvalue weighted by Crippen LogP contribution is -2.67. The number of rotatable bonds is 0. The summed E-state index contributed by atoms with van der Waals surface area (Å²) in [6.07, 6.45) is 0.208. The Labute approximate surface area is 144 Å². The summed E-state index contributed by atoms with van der Waals surface area (Å²) in [6.45, 7) is 13.3. The van der Waals surface area contributed by atoms with Gasteiger partial charge in [0.2, 0.25) is 0 Å². The summed E-state index contributed by atoms with van der Waals surface area (Å²) in [5.74, 6) is 1.07. The van der Waals surface area contributed by atoms with Crippen LogP contribution in [-0.4, -0.2) is 5.78 Å². The van der Waals surface area contributed by atoms with Crippen molar-refractivity contribution in [3.63, 3.8) is 0 Å². The van der Waals surface area contributed by atoms with E-state index < -0.39 is 5.41 Å². The number of hydrogen-bond donors (Lipinski definition) is 0. The van der Waals surface area contributed by atoms with Crippen molar-refractivity contribution < 1.29 is 9.53 Å². The third-order valence-electron chi connectivity index (χ3n) is 8.73. The van der Waals surface area contributed by atoms with Crippen molar-refractivity contribution in [2.45, 2.75) is 53.8 Å². The van der Waals surface area contributed by atoms with Crippen LogP contribution in [0.1, 0.15) is 64.9 Å². The Morgan fingerprint density at radius 3 is 2.00 bits per heavy atom. The second-order valence-corrected chi connectivity index (χ2v) is 9.27. The number of carbonyl (C=O) groups excluding carboxylic acids is 1. The molecule has 0 amide bonds. The van der Waals surface area contributed by atoms with Gasteiger partial charge >= 0.3 is 0 Å². The summed E-state index contributed by atoms with van der Waals surface area (Å²) in [4.78, 5) is 13.6. The van der Waals surface area contributed by atoms with Crippen molar-refractivity contribution in [2.24, 2.45) is 28.1 Å². The van der Waals surface area contributed by atoms with E-state index in [1.165, 1.54) is 22.3 Å². The molecule has 0 N–H and O–H groups in total. The summed E-state index contributed by atoms with van der Waals surface area (Å²) in [5, 5.41) is 0. The summed E-state index contributed by atoms with van der Waals surface area (Å²) in [6, 6.07) is 8.65. The Kier molecular flexibility index (Phi) is 2.41. The normalized spacial score (nSPS) is 47.2. The van der Waals surface area contributed by atoms with Crippen LogP contribution in [0.5, 0.6) is 0 Å². The number of carbonyl (C=O) groups is 1. The largest absolute Gasteiger partial charge is 0.365 e. The highest BCUT2D eigenvalue weighted by atomic mass is 16.5. The Hall–Kier alpha value is -1.41. The molecule has 0 aromatic heterocycles. The van der Waals surface area contributed by atoms with Gasteiger partial charge in [-0.25, -0.2) is 0 Å². The zero-order valence-corrected chi connectivity index (χ0v) is 15.4. The van der Waals surface area contributed by atoms with Crippen molar-refractivity contribution in [3.8, 4) is 0 Å². The fourth-order valence-electron chi connectivity index (χ4n) is 6.96. The average molecular weight is 322 g/mol. The van der Waals surface area contributed by atoms with Crippen molar-refractivity contribution in [1.82, 2.24) is 0 Å². The molecule has 2 aliphatic heterocycles. The maximum Gasteiger partial charge on any atom is 0.149 e. The molecule has 2 heterocycles. The SMILES string of the molecule is CC1=C(C)C2(C)C3C([C@H]4O[C@@H]3c3ccccc34)C1(C)C(=O)C2(C)C. The van der Waals surface area contributed by atoms with E-state index in [2.05, 4.69) is 65.8 Å². The van der Waals surface area contributed by atoms with Gasteiger partial charge in [-0.3, -0.25) is 4.79 Å². The van der Waals surface area contributed by atoms with E-state index >= 15 is 0 Å². The van der Waals surface area contributed by atoms with Gasteiger partial charge in [0.25, 0.3) is 0 Å². The minimum absolute atomic E-state index is 0.0728. The highest BCUT2D eigenvalue weighted by molar-refractivity contribution is 5.97. The molecular formula is C22H26O2. The minimum atomic E-state index is -0.400. The molecule has 4 bridgehead atoms. The van der Waals surface area contributed by atoms with E-state index in [0.717, 1.165) is 0 Å². The van der Waals surface area contributed by atoms with Crippen LogP contribution in [0.4, 0.5) is 0 Å². The molecule has 24 heavy (non-hydrogen) atoms. The van der Waals surface area contributed by atoms with Crippen LogP contribution >= 0.6 is 0 Å². The lowest BCUT2D eigenvalue weighted by molar-refractivity contribution is -0.167. The van der Waals surface area contributed by atoms with Gasteiger partial charge in [-0.1, -0.05) is 56.2 Å². The van der Waals surface area contributed by atoms with Crippen molar-refractivity contribution in [1.29, 1.82) is 0 Å². The van der Waals surface area contributed by atoms with Gasteiger partial charge in [0.05, 0.1) is 17.6 Å². The molecule has 2 heteroatoms. The molecule has 6 rings (SSSR count). The maximum absolute atomic E-state index is 13.6. The monoisotopic (exact) mass is 322 g/mol. The number of Topliss-reactive ketones (excluding diaryl/α,β-unsaturated/α-hetero) is 1. The highest BCUT2D eigenvalue weighted by Gasteiger charge is 2.76. The van der Waals surface area contributed by atoms with Gasteiger partial charge < -0.3 is 4.74 Å². The molecule has 3 aliphatic carbocycles. The molecule has 126 valence electrons. The number of ether oxygens (including phenoxy) is 1. The lowest BCUT2D eigenvalue weighted by Gasteiger charge is -2.66. The van der Waals surface area contributed by atoms with E-state index in [0.29, 0.717) is 11.7 Å². The van der Waals surface area contributed by atoms with E-state index in [9.17, 15) is 4.79 Å². The zero-order valence-electron chi connectivity index (χ0n) is 15.4. The van der Waals surface area contributed by atoms with E-state index in [1.54, 1.807) is 0 Å². The molecule has 0 spiro atoms. The number of allylic oxidation sites excluding steroid dienone is 2. The van der Waals surface area contributed by atoms with Gasteiger partial charge in [0, 0.05) is 22.7 Å². The Bertz CT molecular complexity index is 832. The van der Waals surface area contributed by atoms with Crippen LogP contribution in [0, 0.1) is 28.1 Å². The van der Waals surface area contributed by atoms with Crippen LogP contribution in [0.3, 0.4) is 0 Å². The molecule has 6 atom stereocenters. The fourth-order valence-corrected chi connectivity index (χ4v) is 6.96. The van der Waals surface area contributed by atoms with Crippen LogP contribution in [0.15, 0.2) is 35.4 Å². The fraction of sp³-hybridized carbons (Fsp3) is 0.591. The van der Waals surface area contributed by atoms with Crippen LogP contribution in [-0.2, 0) is 9.53 Å². The average Bonchev–Trinajstić information content (AvgIpc) is 3.13. The summed E-state index contributed by atoms with van der Waals surface area (Å²) >= 11 is 0.